The first-order valence-electron chi connectivity index (χ1n) is 6.01. The van der Waals surface area contributed by atoms with Crippen LogP contribution in [0.1, 0.15) is 30.1 Å². The lowest BCUT2D eigenvalue weighted by molar-refractivity contribution is 0.0696. The van der Waals surface area contributed by atoms with Crippen LogP contribution in [0.3, 0.4) is 0 Å². The molecule has 0 heterocycles. The fourth-order valence-corrected chi connectivity index (χ4v) is 1.98. The Morgan fingerprint density at radius 1 is 1.50 bits per heavy atom. The standard InChI is InChI=1S/C14H15BrN2O3/c1-3-5-9(4-2)16-14(20)17-10-6-7-12(15)11(8-10)13(18)19/h1,6-9H,4-5H2,2H3,(H,18,19)(H2,16,17,20). The van der Waals surface area contributed by atoms with Gasteiger partial charge in [-0.3, -0.25) is 0 Å². The van der Waals surface area contributed by atoms with Crippen LogP contribution >= 0.6 is 15.9 Å². The average Bonchev–Trinajstić information content (AvgIpc) is 2.40. The molecule has 1 aromatic carbocycles. The molecule has 0 aliphatic carbocycles. The van der Waals surface area contributed by atoms with Crippen LogP contribution in [0.5, 0.6) is 0 Å². The fraction of sp³-hybridized carbons (Fsp3) is 0.286. The van der Waals surface area contributed by atoms with Crippen molar-refractivity contribution in [2.24, 2.45) is 0 Å². The lowest BCUT2D eigenvalue weighted by Crippen LogP contribution is -2.37. The van der Waals surface area contributed by atoms with Crippen LogP contribution in [-0.4, -0.2) is 23.1 Å². The summed E-state index contributed by atoms with van der Waals surface area (Å²) in [5, 5.41) is 14.3. The summed E-state index contributed by atoms with van der Waals surface area (Å²) in [5.74, 6) is 1.42. The Bertz CT molecular complexity index is 552. The summed E-state index contributed by atoms with van der Waals surface area (Å²) >= 11 is 3.14. The van der Waals surface area contributed by atoms with Gasteiger partial charge in [-0.25, -0.2) is 9.59 Å². The lowest BCUT2D eigenvalue weighted by Gasteiger charge is -2.15. The number of carbonyl (C=O) groups is 2. The predicted molar refractivity (Wildman–Crippen MR) is 80.8 cm³/mol. The molecule has 0 saturated heterocycles. The number of halogens is 1. The maximum Gasteiger partial charge on any atom is 0.336 e. The molecule has 0 saturated carbocycles. The summed E-state index contributed by atoms with van der Waals surface area (Å²) < 4.78 is 0.453. The number of amides is 2. The number of hydrogen-bond acceptors (Lipinski definition) is 2. The molecule has 20 heavy (non-hydrogen) atoms. The fourth-order valence-electron chi connectivity index (χ4n) is 1.56. The van der Waals surface area contributed by atoms with Gasteiger partial charge < -0.3 is 15.7 Å². The molecule has 0 radical (unpaired) electrons. The normalized spacial score (nSPS) is 11.2. The zero-order valence-electron chi connectivity index (χ0n) is 10.9. The van der Waals surface area contributed by atoms with Crippen molar-refractivity contribution in [1.82, 2.24) is 5.32 Å². The van der Waals surface area contributed by atoms with Crippen molar-refractivity contribution >= 4 is 33.6 Å². The minimum absolute atomic E-state index is 0.0819. The van der Waals surface area contributed by atoms with E-state index in [9.17, 15) is 9.59 Å². The molecule has 5 nitrogen and oxygen atoms in total. The van der Waals surface area contributed by atoms with Gasteiger partial charge in [0.05, 0.1) is 5.56 Å². The van der Waals surface area contributed by atoms with Crippen molar-refractivity contribution < 1.29 is 14.7 Å². The summed E-state index contributed by atoms with van der Waals surface area (Å²) in [5.41, 5.74) is 0.483. The molecule has 0 aliphatic rings. The number of benzene rings is 1. The zero-order valence-corrected chi connectivity index (χ0v) is 12.5. The van der Waals surface area contributed by atoms with Crippen LogP contribution in [0.15, 0.2) is 22.7 Å². The smallest absolute Gasteiger partial charge is 0.336 e. The Morgan fingerprint density at radius 2 is 2.20 bits per heavy atom. The van der Waals surface area contributed by atoms with E-state index in [-0.39, 0.29) is 11.6 Å². The van der Waals surface area contributed by atoms with E-state index in [2.05, 4.69) is 32.5 Å². The molecule has 0 spiro atoms. The van der Waals surface area contributed by atoms with Crippen LogP contribution in [-0.2, 0) is 0 Å². The number of carboxylic acid groups (broad SMARTS) is 1. The van der Waals surface area contributed by atoms with Gasteiger partial charge in [0.25, 0.3) is 0 Å². The third kappa shape index (κ3) is 4.59. The number of nitrogens with one attached hydrogen (secondary N) is 2. The highest BCUT2D eigenvalue weighted by atomic mass is 79.9. The van der Waals surface area contributed by atoms with Crippen molar-refractivity contribution in [3.05, 3.63) is 28.2 Å². The van der Waals surface area contributed by atoms with E-state index in [1.807, 2.05) is 6.92 Å². The van der Waals surface area contributed by atoms with Crippen LogP contribution in [0.4, 0.5) is 10.5 Å². The van der Waals surface area contributed by atoms with Gasteiger partial charge in [0.1, 0.15) is 0 Å². The SMILES string of the molecule is C#CCC(CC)NC(=O)Nc1ccc(Br)c(C(=O)O)c1. The van der Waals surface area contributed by atoms with Gasteiger partial charge in [-0.15, -0.1) is 12.3 Å². The number of carbonyl (C=O) groups excluding carboxylic acids is 1. The van der Waals surface area contributed by atoms with Gasteiger partial charge in [0, 0.05) is 22.6 Å². The molecule has 0 aromatic heterocycles. The number of terminal acetylenes is 1. The Kier molecular flexibility index (Phi) is 6.07. The molecule has 1 rings (SSSR count). The molecule has 1 atom stereocenters. The van der Waals surface area contributed by atoms with Crippen molar-refractivity contribution in [1.29, 1.82) is 0 Å². The first kappa shape index (κ1) is 16.1. The summed E-state index contributed by atoms with van der Waals surface area (Å²) in [6.07, 6.45) is 6.38. The number of hydrogen-bond donors (Lipinski definition) is 3. The van der Waals surface area contributed by atoms with Crippen molar-refractivity contribution in [3.8, 4) is 12.3 Å². The van der Waals surface area contributed by atoms with E-state index in [1.165, 1.54) is 6.07 Å². The van der Waals surface area contributed by atoms with Gasteiger partial charge in [-0.1, -0.05) is 6.92 Å². The highest BCUT2D eigenvalue weighted by Crippen LogP contribution is 2.21. The first-order chi connectivity index (χ1) is 9.47. The Labute approximate surface area is 125 Å². The Morgan fingerprint density at radius 3 is 2.75 bits per heavy atom. The van der Waals surface area contributed by atoms with Gasteiger partial charge >= 0.3 is 12.0 Å². The number of anilines is 1. The lowest BCUT2D eigenvalue weighted by atomic mass is 10.1. The molecule has 0 aliphatic heterocycles. The molecule has 2 amide bonds. The van der Waals surface area contributed by atoms with E-state index >= 15 is 0 Å². The summed E-state index contributed by atoms with van der Waals surface area (Å²) in [6, 6.07) is 4.05. The maximum absolute atomic E-state index is 11.8. The molecule has 0 fully saturated rings. The largest absolute Gasteiger partial charge is 0.478 e. The third-order valence-corrected chi connectivity index (χ3v) is 3.34. The number of aromatic carboxylic acids is 1. The molecule has 1 aromatic rings. The molecule has 6 heteroatoms. The Hall–Kier alpha value is -2.00. The number of carboxylic acids is 1. The highest BCUT2D eigenvalue weighted by molar-refractivity contribution is 9.10. The summed E-state index contributed by atoms with van der Waals surface area (Å²) in [4.78, 5) is 22.8. The average molecular weight is 339 g/mol. The molecule has 3 N–H and O–H groups in total. The minimum Gasteiger partial charge on any atom is -0.478 e. The first-order valence-corrected chi connectivity index (χ1v) is 6.81. The maximum atomic E-state index is 11.8. The number of urea groups is 1. The summed E-state index contributed by atoms with van der Waals surface area (Å²) in [6.45, 7) is 1.92. The van der Waals surface area contributed by atoms with Crippen molar-refractivity contribution in [2.75, 3.05) is 5.32 Å². The summed E-state index contributed by atoms with van der Waals surface area (Å²) in [7, 11) is 0. The second-order valence-electron chi connectivity index (χ2n) is 4.11. The van der Waals surface area contributed by atoms with Gasteiger partial charge in [-0.05, 0) is 40.5 Å². The Balaban J connectivity index is 2.74. The monoisotopic (exact) mass is 338 g/mol. The van der Waals surface area contributed by atoms with Gasteiger partial charge in [0.2, 0.25) is 0 Å². The molecule has 106 valence electrons. The molecular formula is C14H15BrN2O3. The van der Waals surface area contributed by atoms with Gasteiger partial charge in [0.15, 0.2) is 0 Å². The zero-order chi connectivity index (χ0) is 15.1. The van der Waals surface area contributed by atoms with E-state index in [0.717, 1.165) is 6.42 Å². The second-order valence-corrected chi connectivity index (χ2v) is 4.97. The van der Waals surface area contributed by atoms with Crippen molar-refractivity contribution in [3.63, 3.8) is 0 Å². The van der Waals surface area contributed by atoms with E-state index in [0.29, 0.717) is 16.6 Å². The molecule has 1 unspecified atom stereocenters. The van der Waals surface area contributed by atoms with E-state index in [4.69, 9.17) is 11.5 Å². The van der Waals surface area contributed by atoms with Crippen LogP contribution in [0, 0.1) is 12.3 Å². The molecule has 0 bridgehead atoms. The second kappa shape index (κ2) is 7.56. The van der Waals surface area contributed by atoms with Crippen LogP contribution in [0.25, 0.3) is 0 Å². The molecular weight excluding hydrogens is 324 g/mol. The third-order valence-electron chi connectivity index (χ3n) is 2.65. The van der Waals surface area contributed by atoms with E-state index < -0.39 is 12.0 Å². The van der Waals surface area contributed by atoms with Crippen molar-refractivity contribution in [2.45, 2.75) is 25.8 Å². The predicted octanol–water partition coefficient (Wildman–Crippen LogP) is 3.07. The number of rotatable bonds is 5. The van der Waals surface area contributed by atoms with E-state index in [1.54, 1.807) is 12.1 Å². The highest BCUT2D eigenvalue weighted by Gasteiger charge is 2.12. The van der Waals surface area contributed by atoms with Crippen LogP contribution in [0.2, 0.25) is 0 Å². The topological polar surface area (TPSA) is 78.4 Å². The van der Waals surface area contributed by atoms with Crippen LogP contribution < -0.4 is 10.6 Å². The minimum atomic E-state index is -1.07. The quantitative estimate of drug-likeness (QED) is 0.722. The van der Waals surface area contributed by atoms with Gasteiger partial charge in [-0.2, -0.15) is 0 Å².